The van der Waals surface area contributed by atoms with Gasteiger partial charge in [0.15, 0.2) is 0 Å². The third-order valence-corrected chi connectivity index (χ3v) is 6.12. The van der Waals surface area contributed by atoms with E-state index in [0.717, 1.165) is 35.0 Å². The molecule has 4 rings (SSSR count). The molecule has 1 aromatic carbocycles. The average molecular weight is 426 g/mol. The summed E-state index contributed by atoms with van der Waals surface area (Å²) in [7, 11) is 0. The molecule has 0 bridgehead atoms. The van der Waals surface area contributed by atoms with Crippen molar-refractivity contribution >= 4 is 39.8 Å². The monoisotopic (exact) mass is 425 g/mol. The number of hydrogen-bond acceptors (Lipinski definition) is 5. The first-order chi connectivity index (χ1) is 14.5. The summed E-state index contributed by atoms with van der Waals surface area (Å²) in [6, 6.07) is 5.81. The predicted octanol–water partition coefficient (Wildman–Crippen LogP) is 3.74. The first-order valence-corrected chi connectivity index (χ1v) is 11.0. The van der Waals surface area contributed by atoms with E-state index >= 15 is 0 Å². The second kappa shape index (κ2) is 8.74. The third kappa shape index (κ3) is 3.94. The number of pyridine rings is 1. The minimum Gasteiger partial charge on any atom is -0.366 e. The number of nitrogens with two attached hydrogens (primary N) is 1. The maximum atomic E-state index is 12.9. The highest BCUT2D eigenvalue weighted by Crippen LogP contribution is 2.37. The van der Waals surface area contributed by atoms with Gasteiger partial charge in [-0.2, -0.15) is 0 Å². The lowest BCUT2D eigenvalue weighted by atomic mass is 10.0. The number of halogens is 1. The molecule has 7 heteroatoms. The summed E-state index contributed by atoms with van der Waals surface area (Å²) in [4.78, 5) is 26.3. The van der Waals surface area contributed by atoms with Crippen molar-refractivity contribution < 1.29 is 4.79 Å². The molecule has 1 aromatic heterocycles. The Balaban J connectivity index is 1.55. The van der Waals surface area contributed by atoms with Gasteiger partial charge < -0.3 is 15.5 Å². The number of carbonyl (C=O) groups excluding carboxylic acids is 1. The lowest BCUT2D eigenvalue weighted by molar-refractivity contribution is -0.124. The topological polar surface area (TPSA) is 74.8 Å². The van der Waals surface area contributed by atoms with Gasteiger partial charge in [-0.25, -0.2) is 0 Å². The Morgan fingerprint density at radius 1 is 1.33 bits per heavy atom. The molecule has 0 radical (unpaired) electrons. The van der Waals surface area contributed by atoms with E-state index in [2.05, 4.69) is 21.8 Å². The Bertz CT molecular complexity index is 1010. The van der Waals surface area contributed by atoms with E-state index in [-0.39, 0.29) is 18.0 Å². The standard InChI is InChI=1S/C23H28ClN5O/c1-3-5-16-7-8-20(27-16)23(30)29-12-10-28(11-13-29)22-18(15(2)25)14-19(24)17-6-4-9-26-21(17)22/h4,6-9,14-16H,3,5,10-13,25H2,1-2H3. The smallest absolute Gasteiger partial charge is 0.272 e. The van der Waals surface area contributed by atoms with E-state index in [1.54, 1.807) is 6.20 Å². The Morgan fingerprint density at radius 3 is 2.80 bits per heavy atom. The summed E-state index contributed by atoms with van der Waals surface area (Å²) in [5, 5.41) is 1.58. The number of hydrogen-bond donors (Lipinski definition) is 1. The molecule has 30 heavy (non-hydrogen) atoms. The van der Waals surface area contributed by atoms with Crippen LogP contribution in [-0.2, 0) is 4.79 Å². The Morgan fingerprint density at radius 2 is 2.10 bits per heavy atom. The van der Waals surface area contributed by atoms with Gasteiger partial charge in [-0.1, -0.05) is 31.0 Å². The molecule has 0 spiro atoms. The zero-order valence-corrected chi connectivity index (χ0v) is 18.3. The predicted molar refractivity (Wildman–Crippen MR) is 123 cm³/mol. The highest BCUT2D eigenvalue weighted by atomic mass is 35.5. The zero-order valence-electron chi connectivity index (χ0n) is 17.5. The lowest BCUT2D eigenvalue weighted by Gasteiger charge is -2.37. The molecule has 2 aliphatic heterocycles. The molecule has 1 amide bonds. The zero-order chi connectivity index (χ0) is 21.3. The van der Waals surface area contributed by atoms with Crippen molar-refractivity contribution in [3.05, 3.63) is 47.1 Å². The normalized spacial score (nSPS) is 20.0. The number of aromatic nitrogens is 1. The molecule has 2 aromatic rings. The fourth-order valence-electron chi connectivity index (χ4n) is 4.23. The largest absolute Gasteiger partial charge is 0.366 e. The number of carbonyl (C=O) groups is 1. The van der Waals surface area contributed by atoms with Gasteiger partial charge in [0, 0.05) is 43.8 Å². The van der Waals surface area contributed by atoms with Crippen LogP contribution in [0.3, 0.4) is 0 Å². The first-order valence-electron chi connectivity index (χ1n) is 10.6. The van der Waals surface area contributed by atoms with Crippen LogP contribution in [-0.4, -0.2) is 53.7 Å². The first kappa shape index (κ1) is 20.8. The second-order valence-electron chi connectivity index (χ2n) is 7.99. The van der Waals surface area contributed by atoms with Crippen LogP contribution in [0.4, 0.5) is 5.69 Å². The third-order valence-electron chi connectivity index (χ3n) is 5.80. The summed E-state index contributed by atoms with van der Waals surface area (Å²) < 4.78 is 0. The number of nitrogens with zero attached hydrogens (tertiary/aromatic N) is 4. The number of benzene rings is 1. The van der Waals surface area contributed by atoms with Gasteiger partial charge in [0.1, 0.15) is 5.71 Å². The van der Waals surface area contributed by atoms with Crippen LogP contribution < -0.4 is 10.6 Å². The molecule has 2 aliphatic rings. The minimum absolute atomic E-state index is 0.0241. The molecular weight excluding hydrogens is 398 g/mol. The van der Waals surface area contributed by atoms with Gasteiger partial charge in [0.25, 0.3) is 5.91 Å². The number of rotatable bonds is 5. The molecule has 1 saturated heterocycles. The highest BCUT2D eigenvalue weighted by Gasteiger charge is 2.28. The van der Waals surface area contributed by atoms with E-state index in [1.807, 2.05) is 42.2 Å². The molecule has 158 valence electrons. The second-order valence-corrected chi connectivity index (χ2v) is 8.40. The molecule has 3 heterocycles. The number of piperazine rings is 1. The van der Waals surface area contributed by atoms with E-state index in [4.69, 9.17) is 17.3 Å². The summed E-state index contributed by atoms with van der Waals surface area (Å²) in [6.45, 7) is 6.80. The van der Waals surface area contributed by atoms with Crippen LogP contribution in [0.5, 0.6) is 0 Å². The van der Waals surface area contributed by atoms with Crippen molar-refractivity contribution in [1.82, 2.24) is 9.88 Å². The van der Waals surface area contributed by atoms with Crippen LogP contribution >= 0.6 is 11.6 Å². The summed E-state index contributed by atoms with van der Waals surface area (Å²) in [5.41, 5.74) is 9.73. The van der Waals surface area contributed by atoms with Crippen LogP contribution in [0, 0.1) is 0 Å². The molecule has 0 saturated carbocycles. The molecule has 1 fully saturated rings. The van der Waals surface area contributed by atoms with Gasteiger partial charge in [-0.05, 0) is 43.2 Å². The van der Waals surface area contributed by atoms with E-state index in [0.29, 0.717) is 36.9 Å². The van der Waals surface area contributed by atoms with Crippen molar-refractivity contribution in [2.24, 2.45) is 10.7 Å². The maximum absolute atomic E-state index is 12.9. The van der Waals surface area contributed by atoms with Crippen LogP contribution in [0.25, 0.3) is 10.9 Å². The number of fused-ring (bicyclic) bond motifs is 1. The lowest BCUT2D eigenvalue weighted by Crippen LogP contribution is -2.50. The maximum Gasteiger partial charge on any atom is 0.272 e. The fourth-order valence-corrected chi connectivity index (χ4v) is 4.50. The van der Waals surface area contributed by atoms with Crippen LogP contribution in [0.15, 0.2) is 41.5 Å². The molecule has 2 unspecified atom stereocenters. The number of aliphatic imine (C=N–C) groups is 1. The number of anilines is 1. The van der Waals surface area contributed by atoms with Crippen molar-refractivity contribution in [2.75, 3.05) is 31.1 Å². The SMILES string of the molecule is CCCC1C=CC(C(=O)N2CCN(c3c(C(C)N)cc(Cl)c4cccnc34)CC2)=N1. The minimum atomic E-state index is -0.169. The Labute approximate surface area is 182 Å². The quantitative estimate of drug-likeness (QED) is 0.791. The summed E-state index contributed by atoms with van der Waals surface area (Å²) in [5.74, 6) is 0.0241. The van der Waals surface area contributed by atoms with Crippen LogP contribution in [0.2, 0.25) is 5.02 Å². The molecular formula is C23H28ClN5O. The van der Waals surface area contributed by atoms with E-state index in [1.165, 1.54) is 0 Å². The molecule has 6 nitrogen and oxygen atoms in total. The molecule has 2 atom stereocenters. The van der Waals surface area contributed by atoms with Crippen molar-refractivity contribution in [3.8, 4) is 0 Å². The number of amides is 1. The molecule has 2 N–H and O–H groups in total. The fraction of sp³-hybridized carbons (Fsp3) is 0.435. The summed E-state index contributed by atoms with van der Waals surface area (Å²) >= 11 is 6.50. The van der Waals surface area contributed by atoms with Gasteiger partial charge >= 0.3 is 0 Å². The van der Waals surface area contributed by atoms with Crippen molar-refractivity contribution in [1.29, 1.82) is 0 Å². The average Bonchev–Trinajstić information content (AvgIpc) is 3.22. The summed E-state index contributed by atoms with van der Waals surface area (Å²) in [6.07, 6.45) is 7.73. The van der Waals surface area contributed by atoms with Crippen molar-refractivity contribution in [2.45, 2.75) is 38.8 Å². The molecule has 0 aliphatic carbocycles. The Kier molecular flexibility index (Phi) is 6.06. The van der Waals surface area contributed by atoms with E-state index < -0.39 is 0 Å². The van der Waals surface area contributed by atoms with Crippen molar-refractivity contribution in [3.63, 3.8) is 0 Å². The van der Waals surface area contributed by atoms with E-state index in [9.17, 15) is 4.79 Å². The van der Waals surface area contributed by atoms with Gasteiger partial charge in [0.2, 0.25) is 0 Å². The van der Waals surface area contributed by atoms with Gasteiger partial charge in [-0.15, -0.1) is 0 Å². The van der Waals surface area contributed by atoms with Crippen LogP contribution in [0.1, 0.15) is 38.3 Å². The Hall–Kier alpha value is -2.44. The highest BCUT2D eigenvalue weighted by molar-refractivity contribution is 6.43. The van der Waals surface area contributed by atoms with Gasteiger partial charge in [-0.3, -0.25) is 14.8 Å². The van der Waals surface area contributed by atoms with Gasteiger partial charge in [0.05, 0.1) is 22.3 Å².